The first-order valence-electron chi connectivity index (χ1n) is 14.1. The Morgan fingerprint density at radius 3 is 2.56 bits per heavy atom. The topological polar surface area (TPSA) is 82.6 Å². The number of halogens is 1. The molecule has 0 spiro atoms. The van der Waals surface area contributed by atoms with Gasteiger partial charge in [-0.15, -0.1) is 11.3 Å². The van der Waals surface area contributed by atoms with Crippen LogP contribution in [0.3, 0.4) is 0 Å². The third-order valence-electron chi connectivity index (χ3n) is 7.80. The standard InChI is InChI=1S/C30H43ClN4O3S/c1-6-20(3)25(10-11-27(37)21(4)19-35-14-12-34(5)13-15-35)33-30(38)22(16-24(36)7-2)17-29-32-26-9-8-23(31)18-28(26)39-29/h8-9,18,20,22,25H,4,6-7,10-17,19H2,1-3,5H3,(H,33,38)/t20-,22-,25+/m0/s1. The Morgan fingerprint density at radius 2 is 1.90 bits per heavy atom. The minimum atomic E-state index is -0.511. The molecule has 1 aliphatic heterocycles. The Kier molecular flexibility index (Phi) is 12.1. The van der Waals surface area contributed by atoms with Gasteiger partial charge in [0.05, 0.1) is 21.1 Å². The molecule has 1 N–H and O–H groups in total. The predicted octanol–water partition coefficient (Wildman–Crippen LogP) is 5.16. The lowest BCUT2D eigenvalue weighted by atomic mass is 9.91. The molecule has 3 rings (SSSR count). The van der Waals surface area contributed by atoms with Crippen molar-refractivity contribution in [3.8, 4) is 0 Å². The highest BCUT2D eigenvalue weighted by atomic mass is 35.5. The minimum absolute atomic E-state index is 0.0507. The highest BCUT2D eigenvalue weighted by Gasteiger charge is 2.28. The summed E-state index contributed by atoms with van der Waals surface area (Å²) in [6.07, 6.45) is 2.72. The normalized spacial score (nSPS) is 17.1. The van der Waals surface area contributed by atoms with E-state index in [0.717, 1.165) is 47.8 Å². The number of aromatic nitrogens is 1. The van der Waals surface area contributed by atoms with Crippen LogP contribution in [0.1, 0.15) is 57.9 Å². The Balaban J connectivity index is 1.63. The van der Waals surface area contributed by atoms with E-state index in [9.17, 15) is 14.4 Å². The van der Waals surface area contributed by atoms with Gasteiger partial charge in [-0.25, -0.2) is 4.98 Å². The second-order valence-electron chi connectivity index (χ2n) is 10.9. The smallest absolute Gasteiger partial charge is 0.224 e. The first-order valence-corrected chi connectivity index (χ1v) is 15.3. The van der Waals surface area contributed by atoms with Crippen molar-refractivity contribution >= 4 is 50.6 Å². The lowest BCUT2D eigenvalue weighted by molar-refractivity contribution is -0.130. The molecule has 2 heterocycles. The number of Topliss-reactive ketones (excluding diaryl/α,β-unsaturated/α-hetero) is 2. The van der Waals surface area contributed by atoms with Crippen LogP contribution in [-0.4, -0.2) is 78.1 Å². The maximum atomic E-state index is 13.5. The monoisotopic (exact) mass is 574 g/mol. The number of carbonyl (C=O) groups is 3. The second-order valence-corrected chi connectivity index (χ2v) is 12.4. The third kappa shape index (κ3) is 9.48. The fraction of sp³-hybridized carbons (Fsp3) is 0.600. The number of nitrogens with zero attached hydrogens (tertiary/aromatic N) is 3. The molecule has 9 heteroatoms. The molecule has 214 valence electrons. The summed E-state index contributed by atoms with van der Waals surface area (Å²) in [5, 5.41) is 4.66. The Labute approximate surface area is 242 Å². The van der Waals surface area contributed by atoms with Crippen molar-refractivity contribution in [1.82, 2.24) is 20.1 Å². The first kappa shape index (κ1) is 31.4. The van der Waals surface area contributed by atoms with Gasteiger partial charge in [0.25, 0.3) is 0 Å². The fourth-order valence-electron chi connectivity index (χ4n) is 4.83. The van der Waals surface area contributed by atoms with E-state index in [1.165, 1.54) is 11.3 Å². The summed E-state index contributed by atoms with van der Waals surface area (Å²) in [6.45, 7) is 14.5. The summed E-state index contributed by atoms with van der Waals surface area (Å²) in [7, 11) is 2.11. The van der Waals surface area contributed by atoms with Gasteiger partial charge in [-0.2, -0.15) is 0 Å². The highest BCUT2D eigenvalue weighted by Crippen LogP contribution is 2.28. The largest absolute Gasteiger partial charge is 0.353 e. The number of hydrogen-bond donors (Lipinski definition) is 1. The summed E-state index contributed by atoms with van der Waals surface area (Å²) in [5.74, 6) is -0.358. The van der Waals surface area contributed by atoms with Crippen molar-refractivity contribution in [2.45, 2.75) is 65.3 Å². The highest BCUT2D eigenvalue weighted by molar-refractivity contribution is 7.18. The quantitative estimate of drug-likeness (QED) is 0.296. The lowest BCUT2D eigenvalue weighted by Crippen LogP contribution is -2.45. The number of thiazole rings is 1. The Hall–Kier alpha value is -2.13. The van der Waals surface area contributed by atoms with Gasteiger partial charge in [0.2, 0.25) is 5.91 Å². The van der Waals surface area contributed by atoms with E-state index in [2.05, 4.69) is 47.6 Å². The maximum absolute atomic E-state index is 13.5. The van der Waals surface area contributed by atoms with Crippen molar-refractivity contribution in [2.24, 2.45) is 11.8 Å². The third-order valence-corrected chi connectivity index (χ3v) is 9.08. The van der Waals surface area contributed by atoms with Crippen LogP contribution in [0, 0.1) is 11.8 Å². The number of benzene rings is 1. The van der Waals surface area contributed by atoms with Gasteiger partial charge in [-0.3, -0.25) is 19.3 Å². The Bertz CT molecular complexity index is 1160. The Morgan fingerprint density at radius 1 is 1.18 bits per heavy atom. The zero-order valence-corrected chi connectivity index (χ0v) is 25.4. The average Bonchev–Trinajstić information content (AvgIpc) is 3.32. The van der Waals surface area contributed by atoms with E-state index in [4.69, 9.17) is 11.6 Å². The van der Waals surface area contributed by atoms with Crippen molar-refractivity contribution in [3.63, 3.8) is 0 Å². The summed E-state index contributed by atoms with van der Waals surface area (Å²) in [4.78, 5) is 48.1. The van der Waals surface area contributed by atoms with Gasteiger partial charge in [0.15, 0.2) is 5.78 Å². The van der Waals surface area contributed by atoms with Crippen LogP contribution in [0.15, 0.2) is 30.4 Å². The molecule has 0 saturated carbocycles. The number of nitrogens with one attached hydrogen (secondary N) is 1. The molecule has 7 nitrogen and oxygen atoms in total. The molecule has 0 unspecified atom stereocenters. The van der Waals surface area contributed by atoms with Crippen LogP contribution < -0.4 is 5.32 Å². The van der Waals surface area contributed by atoms with Crippen molar-refractivity contribution < 1.29 is 14.4 Å². The SMILES string of the molecule is C=C(CN1CCN(C)CC1)C(=O)CC[C@@H](NC(=O)[C@@H](CC(=O)CC)Cc1nc2ccc(Cl)cc2s1)[C@@H](C)CC. The first-order chi connectivity index (χ1) is 18.6. The van der Waals surface area contributed by atoms with E-state index >= 15 is 0 Å². The number of carbonyl (C=O) groups excluding carboxylic acids is 3. The number of amides is 1. The van der Waals surface area contributed by atoms with Gasteiger partial charge < -0.3 is 10.2 Å². The van der Waals surface area contributed by atoms with Gasteiger partial charge in [0, 0.05) is 75.0 Å². The number of likely N-dealkylation sites (N-methyl/N-ethyl adjacent to an activating group) is 1. The lowest BCUT2D eigenvalue weighted by Gasteiger charge is -2.32. The average molecular weight is 575 g/mol. The molecule has 39 heavy (non-hydrogen) atoms. The van der Waals surface area contributed by atoms with E-state index in [-0.39, 0.29) is 35.9 Å². The molecule has 1 aromatic heterocycles. The number of piperazine rings is 1. The van der Waals surface area contributed by atoms with Crippen LogP contribution in [0.25, 0.3) is 10.2 Å². The molecular formula is C30H43ClN4O3S. The van der Waals surface area contributed by atoms with Crippen molar-refractivity contribution in [1.29, 1.82) is 0 Å². The summed E-state index contributed by atoms with van der Waals surface area (Å²) >= 11 is 7.64. The number of ketones is 2. The maximum Gasteiger partial charge on any atom is 0.224 e. The van der Waals surface area contributed by atoms with Crippen LogP contribution in [0.5, 0.6) is 0 Å². The molecule has 1 aliphatic rings. The summed E-state index contributed by atoms with van der Waals surface area (Å²) in [6, 6.07) is 5.39. The number of fused-ring (bicyclic) bond motifs is 1. The molecule has 3 atom stereocenters. The van der Waals surface area contributed by atoms with Gasteiger partial charge in [-0.05, 0) is 37.6 Å². The summed E-state index contributed by atoms with van der Waals surface area (Å²) < 4.78 is 0.964. The minimum Gasteiger partial charge on any atom is -0.353 e. The molecule has 0 bridgehead atoms. The molecule has 1 saturated heterocycles. The zero-order valence-electron chi connectivity index (χ0n) is 23.8. The van der Waals surface area contributed by atoms with Gasteiger partial charge >= 0.3 is 0 Å². The van der Waals surface area contributed by atoms with Crippen LogP contribution in [0.4, 0.5) is 0 Å². The van der Waals surface area contributed by atoms with Crippen LogP contribution >= 0.6 is 22.9 Å². The van der Waals surface area contributed by atoms with Crippen molar-refractivity contribution in [3.05, 3.63) is 40.4 Å². The van der Waals surface area contributed by atoms with E-state index in [1.807, 2.05) is 19.1 Å². The van der Waals surface area contributed by atoms with Crippen molar-refractivity contribution in [2.75, 3.05) is 39.8 Å². The van der Waals surface area contributed by atoms with Gasteiger partial charge in [-0.1, -0.05) is 45.4 Å². The van der Waals surface area contributed by atoms with E-state index in [0.29, 0.717) is 42.8 Å². The number of rotatable bonds is 15. The zero-order chi connectivity index (χ0) is 28.5. The molecule has 0 radical (unpaired) electrons. The van der Waals surface area contributed by atoms with Crippen LogP contribution in [-0.2, 0) is 20.8 Å². The molecular weight excluding hydrogens is 532 g/mol. The molecule has 1 fully saturated rings. The fourth-order valence-corrected chi connectivity index (χ4v) is 6.16. The van der Waals surface area contributed by atoms with Crippen LogP contribution in [0.2, 0.25) is 5.02 Å². The molecule has 0 aliphatic carbocycles. The van der Waals surface area contributed by atoms with E-state index in [1.54, 1.807) is 6.07 Å². The second kappa shape index (κ2) is 15.0. The summed E-state index contributed by atoms with van der Waals surface area (Å²) in [5.41, 5.74) is 1.48. The number of hydrogen-bond acceptors (Lipinski definition) is 7. The van der Waals surface area contributed by atoms with Gasteiger partial charge in [0.1, 0.15) is 5.78 Å². The molecule has 1 amide bonds. The molecule has 1 aromatic carbocycles. The van der Waals surface area contributed by atoms with E-state index < -0.39 is 5.92 Å². The molecule has 2 aromatic rings. The predicted molar refractivity (Wildman–Crippen MR) is 160 cm³/mol.